The van der Waals surface area contributed by atoms with E-state index in [1.165, 1.54) is 18.2 Å². The number of rotatable bonds is 3. The summed E-state index contributed by atoms with van der Waals surface area (Å²) in [6.07, 6.45) is 4.54. The summed E-state index contributed by atoms with van der Waals surface area (Å²) in [5.41, 5.74) is 2.80. The van der Waals surface area contributed by atoms with E-state index in [0.717, 1.165) is 45.2 Å². The molecule has 1 aromatic carbocycles. The van der Waals surface area contributed by atoms with Gasteiger partial charge in [0.05, 0.1) is 18.1 Å². The van der Waals surface area contributed by atoms with Crippen LogP contribution in [0.15, 0.2) is 18.2 Å². The first-order chi connectivity index (χ1) is 10.6. The fraction of sp³-hybridized carbons (Fsp3) is 0.556. The summed E-state index contributed by atoms with van der Waals surface area (Å²) in [4.78, 5) is 26.4. The Hall–Kier alpha value is -1.84. The van der Waals surface area contributed by atoms with E-state index < -0.39 is 0 Å². The van der Waals surface area contributed by atoms with E-state index in [9.17, 15) is 9.59 Å². The van der Waals surface area contributed by atoms with Crippen molar-refractivity contribution in [1.29, 1.82) is 0 Å². The molecular weight excluding hydrogens is 278 g/mol. The maximum Gasteiger partial charge on any atom is 0.337 e. The van der Waals surface area contributed by atoms with Gasteiger partial charge in [0.1, 0.15) is 0 Å². The Balaban J connectivity index is 1.83. The molecule has 1 aliphatic carbocycles. The van der Waals surface area contributed by atoms with Crippen molar-refractivity contribution in [3.63, 3.8) is 0 Å². The van der Waals surface area contributed by atoms with E-state index in [1.807, 2.05) is 23.1 Å². The van der Waals surface area contributed by atoms with Gasteiger partial charge in [-0.15, -0.1) is 0 Å². The summed E-state index contributed by atoms with van der Waals surface area (Å²) in [5.74, 6) is 0.0335. The van der Waals surface area contributed by atoms with Crippen LogP contribution in [0.1, 0.15) is 47.7 Å². The summed E-state index contributed by atoms with van der Waals surface area (Å²) >= 11 is 0. The second kappa shape index (κ2) is 5.75. The first kappa shape index (κ1) is 15.1. The minimum absolute atomic E-state index is 0.199. The van der Waals surface area contributed by atoms with Gasteiger partial charge < -0.3 is 9.64 Å². The Bertz CT molecular complexity index is 610. The number of ether oxygens (including phenoxy) is 1. The second-order valence-electron chi connectivity index (χ2n) is 6.47. The molecule has 1 fully saturated rings. The second-order valence-corrected chi connectivity index (χ2v) is 6.47. The van der Waals surface area contributed by atoms with Crippen molar-refractivity contribution in [1.82, 2.24) is 4.90 Å². The highest BCUT2D eigenvalue weighted by atomic mass is 16.5. The predicted molar refractivity (Wildman–Crippen MR) is 83.7 cm³/mol. The number of aryl methyl sites for hydroxylation is 1. The number of esters is 1. The van der Waals surface area contributed by atoms with E-state index in [-0.39, 0.29) is 11.4 Å². The number of methoxy groups -OCH3 is 1. The topological polar surface area (TPSA) is 46.6 Å². The van der Waals surface area contributed by atoms with Gasteiger partial charge in [-0.1, -0.05) is 13.0 Å². The number of nitrogens with zero attached hydrogens (tertiary/aromatic N) is 1. The number of carbonyl (C=O) groups excluding carboxylic acids is 2. The lowest BCUT2D eigenvalue weighted by Crippen LogP contribution is -2.39. The van der Waals surface area contributed by atoms with Gasteiger partial charge in [-0.3, -0.25) is 4.79 Å². The zero-order chi connectivity index (χ0) is 15.7. The molecule has 3 rings (SSSR count). The number of fused-ring (bicyclic) bond motifs is 1. The van der Waals surface area contributed by atoms with Crippen molar-refractivity contribution in [3.05, 3.63) is 34.9 Å². The highest BCUT2D eigenvalue weighted by Gasteiger charge is 2.47. The van der Waals surface area contributed by atoms with Gasteiger partial charge >= 0.3 is 5.97 Å². The molecule has 22 heavy (non-hydrogen) atoms. The third-order valence-corrected chi connectivity index (χ3v) is 5.12. The van der Waals surface area contributed by atoms with Crippen molar-refractivity contribution in [2.45, 2.75) is 39.0 Å². The average Bonchev–Trinajstić information content (AvgIpc) is 2.83. The van der Waals surface area contributed by atoms with Crippen LogP contribution in [0.3, 0.4) is 0 Å². The minimum Gasteiger partial charge on any atom is -0.465 e. The lowest BCUT2D eigenvalue weighted by molar-refractivity contribution is -0.136. The molecular formula is C18H23NO3. The molecule has 1 atom stereocenters. The molecule has 1 aromatic rings. The predicted octanol–water partition coefficient (Wildman–Crippen LogP) is 2.59. The molecule has 4 heteroatoms. The Morgan fingerprint density at radius 3 is 2.86 bits per heavy atom. The van der Waals surface area contributed by atoms with Crippen LogP contribution in [0, 0.1) is 5.41 Å². The van der Waals surface area contributed by atoms with Crippen LogP contribution in [-0.2, 0) is 22.4 Å². The van der Waals surface area contributed by atoms with Crippen molar-refractivity contribution in [3.8, 4) is 0 Å². The Morgan fingerprint density at radius 1 is 1.32 bits per heavy atom. The van der Waals surface area contributed by atoms with Crippen LogP contribution < -0.4 is 0 Å². The van der Waals surface area contributed by atoms with Crippen LogP contribution >= 0.6 is 0 Å². The molecule has 1 amide bonds. The molecule has 1 spiro atoms. The quantitative estimate of drug-likeness (QED) is 0.806. The normalized spacial score (nSPS) is 23.7. The summed E-state index contributed by atoms with van der Waals surface area (Å²) in [6, 6.07) is 5.74. The van der Waals surface area contributed by atoms with Gasteiger partial charge in [-0.05, 0) is 55.4 Å². The van der Waals surface area contributed by atoms with Crippen LogP contribution in [0.5, 0.6) is 0 Å². The molecule has 0 aromatic heterocycles. The molecule has 2 aliphatic rings. The summed E-state index contributed by atoms with van der Waals surface area (Å²) in [6.45, 7) is 3.87. The van der Waals surface area contributed by atoms with Crippen molar-refractivity contribution in [2.24, 2.45) is 5.41 Å². The lowest BCUT2D eigenvalue weighted by Gasteiger charge is -2.33. The summed E-state index contributed by atoms with van der Waals surface area (Å²) < 4.78 is 4.78. The highest BCUT2D eigenvalue weighted by molar-refractivity contribution is 5.90. The fourth-order valence-electron chi connectivity index (χ4n) is 3.87. The molecule has 0 unspecified atom stereocenters. The number of benzene rings is 1. The fourth-order valence-corrected chi connectivity index (χ4v) is 3.87. The van der Waals surface area contributed by atoms with E-state index in [1.54, 1.807) is 0 Å². The van der Waals surface area contributed by atoms with E-state index >= 15 is 0 Å². The molecule has 1 heterocycles. The monoisotopic (exact) mass is 301 g/mol. The molecule has 118 valence electrons. The Morgan fingerprint density at radius 2 is 2.14 bits per heavy atom. The van der Waals surface area contributed by atoms with Gasteiger partial charge in [0, 0.05) is 13.1 Å². The van der Waals surface area contributed by atoms with Gasteiger partial charge in [-0.25, -0.2) is 4.79 Å². The number of amides is 1. The number of carbonyl (C=O) groups is 2. The molecule has 0 radical (unpaired) electrons. The van der Waals surface area contributed by atoms with Crippen molar-refractivity contribution >= 4 is 11.9 Å². The average molecular weight is 301 g/mol. The van der Waals surface area contributed by atoms with Crippen molar-refractivity contribution < 1.29 is 14.3 Å². The molecule has 1 saturated heterocycles. The third kappa shape index (κ3) is 2.40. The van der Waals surface area contributed by atoms with E-state index in [0.29, 0.717) is 11.5 Å². The zero-order valence-electron chi connectivity index (χ0n) is 13.4. The zero-order valence-corrected chi connectivity index (χ0v) is 13.4. The van der Waals surface area contributed by atoms with Gasteiger partial charge in [-0.2, -0.15) is 0 Å². The van der Waals surface area contributed by atoms with Gasteiger partial charge in [0.2, 0.25) is 5.91 Å². The first-order valence-corrected chi connectivity index (χ1v) is 8.09. The molecule has 1 aliphatic heterocycles. The molecule has 0 saturated carbocycles. The number of likely N-dealkylation sites (tertiary alicyclic amines) is 1. The highest BCUT2D eigenvalue weighted by Crippen LogP contribution is 2.43. The van der Waals surface area contributed by atoms with Crippen LogP contribution in [-0.4, -0.2) is 37.0 Å². The molecule has 0 N–H and O–H groups in total. The van der Waals surface area contributed by atoms with Crippen LogP contribution in [0.2, 0.25) is 0 Å². The first-order valence-electron chi connectivity index (χ1n) is 8.09. The van der Waals surface area contributed by atoms with Crippen molar-refractivity contribution in [2.75, 3.05) is 20.2 Å². The van der Waals surface area contributed by atoms with E-state index in [2.05, 4.69) is 6.92 Å². The number of hydrogen-bond donors (Lipinski definition) is 0. The maximum atomic E-state index is 12.8. The Labute approximate surface area is 131 Å². The van der Waals surface area contributed by atoms with Crippen LogP contribution in [0.25, 0.3) is 0 Å². The largest absolute Gasteiger partial charge is 0.465 e. The van der Waals surface area contributed by atoms with Gasteiger partial charge in [0.15, 0.2) is 0 Å². The molecule has 4 nitrogen and oxygen atoms in total. The molecule has 0 bridgehead atoms. The maximum absolute atomic E-state index is 12.8. The summed E-state index contributed by atoms with van der Waals surface area (Å²) in [5, 5.41) is 0. The summed E-state index contributed by atoms with van der Waals surface area (Å²) in [7, 11) is 1.40. The SMILES string of the molecule is CCCN1CC[C@]2(CCc3cc(C(=O)OC)ccc3C2)C1=O. The number of hydrogen-bond acceptors (Lipinski definition) is 3. The lowest BCUT2D eigenvalue weighted by atomic mass is 9.70. The third-order valence-electron chi connectivity index (χ3n) is 5.12. The van der Waals surface area contributed by atoms with Gasteiger partial charge in [0.25, 0.3) is 0 Å². The standard InChI is InChI=1S/C18H23NO3/c1-3-9-19-10-8-18(17(19)21)7-6-13-11-14(16(20)22-2)4-5-15(13)12-18/h4-5,11H,3,6-10,12H2,1-2H3/t18-/m0/s1. The van der Waals surface area contributed by atoms with Crippen LogP contribution in [0.4, 0.5) is 0 Å². The van der Waals surface area contributed by atoms with E-state index in [4.69, 9.17) is 4.74 Å². The minimum atomic E-state index is -0.297. The Kier molecular flexibility index (Phi) is 3.94. The smallest absolute Gasteiger partial charge is 0.337 e.